The van der Waals surface area contributed by atoms with E-state index in [1.165, 1.54) is 10.4 Å². The third-order valence-electron chi connectivity index (χ3n) is 3.17. The first kappa shape index (κ1) is 13.8. The number of aromatic nitrogens is 2. The zero-order valence-electron chi connectivity index (χ0n) is 12.4. The SMILES string of the molecule is CCNc1nc(Nc2ccc(C)cc2)c2cc(C)sc2n1. The Balaban J connectivity index is 2.04. The minimum absolute atomic E-state index is 0.668. The largest absolute Gasteiger partial charge is 0.354 e. The monoisotopic (exact) mass is 298 g/mol. The van der Waals surface area contributed by atoms with Crippen molar-refractivity contribution in [3.63, 3.8) is 0 Å². The van der Waals surface area contributed by atoms with Gasteiger partial charge >= 0.3 is 0 Å². The number of hydrogen-bond donors (Lipinski definition) is 2. The summed E-state index contributed by atoms with van der Waals surface area (Å²) in [6.07, 6.45) is 0. The molecule has 0 aliphatic rings. The molecule has 21 heavy (non-hydrogen) atoms. The molecular weight excluding hydrogens is 280 g/mol. The molecule has 0 amide bonds. The van der Waals surface area contributed by atoms with Crippen molar-refractivity contribution < 1.29 is 0 Å². The van der Waals surface area contributed by atoms with Crippen molar-refractivity contribution in [1.29, 1.82) is 0 Å². The van der Waals surface area contributed by atoms with Gasteiger partial charge in [0.15, 0.2) is 0 Å². The highest BCUT2D eigenvalue weighted by atomic mass is 32.1. The summed E-state index contributed by atoms with van der Waals surface area (Å²) >= 11 is 1.69. The fourth-order valence-corrected chi connectivity index (χ4v) is 3.03. The number of rotatable bonds is 4. The van der Waals surface area contributed by atoms with Crippen LogP contribution in [0.15, 0.2) is 30.3 Å². The average molecular weight is 298 g/mol. The molecule has 0 saturated heterocycles. The molecule has 0 spiro atoms. The van der Waals surface area contributed by atoms with E-state index in [9.17, 15) is 0 Å². The van der Waals surface area contributed by atoms with Crippen LogP contribution in [0.25, 0.3) is 10.2 Å². The van der Waals surface area contributed by atoms with Gasteiger partial charge < -0.3 is 10.6 Å². The van der Waals surface area contributed by atoms with Crippen molar-refractivity contribution in [2.75, 3.05) is 17.2 Å². The molecule has 5 heteroatoms. The van der Waals surface area contributed by atoms with E-state index >= 15 is 0 Å². The smallest absolute Gasteiger partial charge is 0.226 e. The number of nitrogens with one attached hydrogen (secondary N) is 2. The maximum absolute atomic E-state index is 4.60. The number of benzene rings is 1. The lowest BCUT2D eigenvalue weighted by atomic mass is 10.2. The van der Waals surface area contributed by atoms with Crippen LogP contribution in [0.3, 0.4) is 0 Å². The topological polar surface area (TPSA) is 49.8 Å². The second-order valence-electron chi connectivity index (χ2n) is 4.99. The minimum Gasteiger partial charge on any atom is -0.354 e. The molecule has 0 atom stereocenters. The zero-order chi connectivity index (χ0) is 14.8. The van der Waals surface area contributed by atoms with Crippen LogP contribution in [0.4, 0.5) is 17.5 Å². The maximum atomic E-state index is 4.60. The van der Waals surface area contributed by atoms with Gasteiger partial charge in [0.2, 0.25) is 5.95 Å². The molecule has 108 valence electrons. The van der Waals surface area contributed by atoms with Gasteiger partial charge in [-0.2, -0.15) is 4.98 Å². The van der Waals surface area contributed by atoms with Crippen LogP contribution in [-0.2, 0) is 0 Å². The van der Waals surface area contributed by atoms with Gasteiger partial charge in [0.25, 0.3) is 0 Å². The van der Waals surface area contributed by atoms with Crippen LogP contribution >= 0.6 is 11.3 Å². The summed E-state index contributed by atoms with van der Waals surface area (Å²) in [5.74, 6) is 1.52. The normalized spacial score (nSPS) is 10.8. The molecule has 0 aliphatic heterocycles. The Morgan fingerprint density at radius 2 is 1.86 bits per heavy atom. The van der Waals surface area contributed by atoms with Gasteiger partial charge in [0.1, 0.15) is 10.6 Å². The predicted molar refractivity (Wildman–Crippen MR) is 90.8 cm³/mol. The van der Waals surface area contributed by atoms with E-state index in [0.717, 1.165) is 28.3 Å². The number of nitrogens with zero attached hydrogens (tertiary/aromatic N) is 2. The molecule has 2 N–H and O–H groups in total. The van der Waals surface area contributed by atoms with E-state index in [1.807, 2.05) is 6.92 Å². The van der Waals surface area contributed by atoms with Crippen molar-refractivity contribution in [2.45, 2.75) is 20.8 Å². The molecule has 3 aromatic rings. The standard InChI is InChI=1S/C16H18N4S/c1-4-17-16-19-14(13-9-11(3)21-15(13)20-16)18-12-7-5-10(2)6-8-12/h5-9H,4H2,1-3H3,(H2,17,18,19,20). The van der Waals surface area contributed by atoms with Crippen LogP contribution in [0, 0.1) is 13.8 Å². The Morgan fingerprint density at radius 3 is 2.57 bits per heavy atom. The van der Waals surface area contributed by atoms with Crippen LogP contribution in [0.5, 0.6) is 0 Å². The molecule has 2 aromatic heterocycles. The van der Waals surface area contributed by atoms with Gasteiger partial charge in [-0.05, 0) is 39.0 Å². The first-order valence-electron chi connectivity index (χ1n) is 7.01. The van der Waals surface area contributed by atoms with E-state index in [0.29, 0.717) is 5.95 Å². The second-order valence-corrected chi connectivity index (χ2v) is 6.23. The van der Waals surface area contributed by atoms with Gasteiger partial charge in [0, 0.05) is 17.1 Å². The highest BCUT2D eigenvalue weighted by molar-refractivity contribution is 7.18. The summed E-state index contributed by atoms with van der Waals surface area (Å²) in [7, 11) is 0. The van der Waals surface area contributed by atoms with E-state index < -0.39 is 0 Å². The highest BCUT2D eigenvalue weighted by Gasteiger charge is 2.10. The molecule has 0 bridgehead atoms. The first-order chi connectivity index (χ1) is 10.2. The number of anilines is 3. The molecular formula is C16H18N4S. The summed E-state index contributed by atoms with van der Waals surface area (Å²) < 4.78 is 0. The summed E-state index contributed by atoms with van der Waals surface area (Å²) in [5, 5.41) is 7.66. The van der Waals surface area contributed by atoms with Crippen molar-refractivity contribution >= 4 is 39.0 Å². The summed E-state index contributed by atoms with van der Waals surface area (Å²) in [6, 6.07) is 10.4. The molecule has 4 nitrogen and oxygen atoms in total. The Bertz CT molecular complexity index is 762. The first-order valence-corrected chi connectivity index (χ1v) is 7.83. The fourth-order valence-electron chi connectivity index (χ4n) is 2.15. The molecule has 0 unspecified atom stereocenters. The fraction of sp³-hybridized carbons (Fsp3) is 0.250. The van der Waals surface area contributed by atoms with E-state index in [1.54, 1.807) is 11.3 Å². The van der Waals surface area contributed by atoms with Gasteiger partial charge in [-0.25, -0.2) is 4.98 Å². The molecule has 2 heterocycles. The predicted octanol–water partition coefficient (Wildman–Crippen LogP) is 4.48. The van der Waals surface area contributed by atoms with Crippen LogP contribution in [0.2, 0.25) is 0 Å². The number of hydrogen-bond acceptors (Lipinski definition) is 5. The Morgan fingerprint density at radius 1 is 1.10 bits per heavy atom. The van der Waals surface area contributed by atoms with Crippen molar-refractivity contribution in [2.24, 2.45) is 0 Å². The van der Waals surface area contributed by atoms with Gasteiger partial charge in [-0.1, -0.05) is 17.7 Å². The van der Waals surface area contributed by atoms with Crippen LogP contribution in [0.1, 0.15) is 17.4 Å². The van der Waals surface area contributed by atoms with Gasteiger partial charge in [0.05, 0.1) is 5.39 Å². The maximum Gasteiger partial charge on any atom is 0.226 e. The molecule has 1 aromatic carbocycles. The molecule has 0 fully saturated rings. The Labute approximate surface area is 128 Å². The zero-order valence-corrected chi connectivity index (χ0v) is 13.2. The Hall–Kier alpha value is -2.14. The summed E-state index contributed by atoms with van der Waals surface area (Å²) in [4.78, 5) is 11.4. The third kappa shape index (κ3) is 2.97. The molecule has 0 saturated carbocycles. The summed E-state index contributed by atoms with van der Waals surface area (Å²) in [6.45, 7) is 7.02. The van der Waals surface area contributed by atoms with E-state index in [4.69, 9.17) is 0 Å². The summed E-state index contributed by atoms with van der Waals surface area (Å²) in [5.41, 5.74) is 2.28. The van der Waals surface area contributed by atoms with Gasteiger partial charge in [-0.3, -0.25) is 0 Å². The van der Waals surface area contributed by atoms with Crippen LogP contribution in [-0.4, -0.2) is 16.5 Å². The van der Waals surface area contributed by atoms with Gasteiger partial charge in [-0.15, -0.1) is 11.3 Å². The van der Waals surface area contributed by atoms with Crippen molar-refractivity contribution in [3.8, 4) is 0 Å². The lowest BCUT2D eigenvalue weighted by Crippen LogP contribution is -2.04. The van der Waals surface area contributed by atoms with Crippen molar-refractivity contribution in [3.05, 3.63) is 40.8 Å². The second kappa shape index (κ2) is 5.69. The number of fused-ring (bicyclic) bond motifs is 1. The molecule has 3 rings (SSSR count). The van der Waals surface area contributed by atoms with Crippen LogP contribution < -0.4 is 10.6 Å². The lowest BCUT2D eigenvalue weighted by molar-refractivity contribution is 1.11. The molecule has 0 aliphatic carbocycles. The number of aryl methyl sites for hydroxylation is 2. The quantitative estimate of drug-likeness (QED) is 0.745. The minimum atomic E-state index is 0.668. The number of thiophene rings is 1. The Kier molecular flexibility index (Phi) is 3.75. The average Bonchev–Trinajstić information content (AvgIpc) is 2.82. The van der Waals surface area contributed by atoms with E-state index in [-0.39, 0.29) is 0 Å². The lowest BCUT2D eigenvalue weighted by Gasteiger charge is -2.09. The van der Waals surface area contributed by atoms with E-state index in [2.05, 4.69) is 64.8 Å². The van der Waals surface area contributed by atoms with Crippen molar-refractivity contribution in [1.82, 2.24) is 9.97 Å². The molecule has 0 radical (unpaired) electrons. The third-order valence-corrected chi connectivity index (χ3v) is 4.11. The highest BCUT2D eigenvalue weighted by Crippen LogP contribution is 2.31.